The second-order valence-corrected chi connectivity index (χ2v) is 6.08. The smallest absolute Gasteiger partial charge is 0.313 e. The van der Waals surface area contributed by atoms with Crippen molar-refractivity contribution in [3.63, 3.8) is 0 Å². The minimum atomic E-state index is -0.266. The van der Waals surface area contributed by atoms with Crippen LogP contribution < -0.4 is 10.3 Å². The maximum atomic E-state index is 12.2. The number of benzene rings is 1. The van der Waals surface area contributed by atoms with Crippen molar-refractivity contribution in [2.24, 2.45) is 5.92 Å². The lowest BCUT2D eigenvalue weighted by molar-refractivity contribution is 0.432. The third-order valence-corrected chi connectivity index (χ3v) is 3.35. The first-order valence-corrected chi connectivity index (χ1v) is 7.33. The van der Waals surface area contributed by atoms with Crippen molar-refractivity contribution in [1.29, 1.82) is 0 Å². The largest absolute Gasteiger partial charge is 0.433 e. The van der Waals surface area contributed by atoms with E-state index in [0.29, 0.717) is 23.2 Å². The Labute approximate surface area is 130 Å². The highest BCUT2D eigenvalue weighted by atomic mass is 79.9. The Kier molecular flexibility index (Phi) is 4.83. The Hall–Kier alpha value is -1.33. The molecule has 0 fully saturated rings. The molecule has 0 N–H and O–H groups in total. The van der Waals surface area contributed by atoms with E-state index in [-0.39, 0.29) is 11.4 Å². The summed E-state index contributed by atoms with van der Waals surface area (Å²) in [6.45, 7) is 4.70. The number of aromatic nitrogens is 2. The predicted molar refractivity (Wildman–Crippen MR) is 82.6 cm³/mol. The van der Waals surface area contributed by atoms with Crippen LogP contribution in [0.4, 0.5) is 0 Å². The van der Waals surface area contributed by atoms with E-state index in [2.05, 4.69) is 20.9 Å². The molecule has 1 heterocycles. The Balaban J connectivity index is 2.34. The summed E-state index contributed by atoms with van der Waals surface area (Å²) in [5, 5.41) is 0.425. The van der Waals surface area contributed by atoms with Crippen LogP contribution in [0.1, 0.15) is 13.8 Å². The molecule has 0 amide bonds. The number of halogens is 2. The van der Waals surface area contributed by atoms with Gasteiger partial charge in [-0.3, -0.25) is 4.79 Å². The fourth-order valence-electron chi connectivity index (χ4n) is 1.69. The quantitative estimate of drug-likeness (QED) is 0.827. The predicted octanol–water partition coefficient (Wildman–Crippen LogP) is 4.11. The van der Waals surface area contributed by atoms with Gasteiger partial charge in [0.15, 0.2) is 0 Å². The Morgan fingerprint density at radius 1 is 1.45 bits per heavy atom. The Morgan fingerprint density at radius 2 is 2.20 bits per heavy atom. The highest BCUT2D eigenvalue weighted by molar-refractivity contribution is 9.10. The molecule has 0 spiro atoms. The van der Waals surface area contributed by atoms with Crippen LogP contribution in [0.25, 0.3) is 0 Å². The molecule has 1 aromatic heterocycles. The molecule has 2 rings (SSSR count). The van der Waals surface area contributed by atoms with E-state index in [1.165, 1.54) is 0 Å². The fraction of sp³-hybridized carbons (Fsp3) is 0.286. The van der Waals surface area contributed by atoms with Gasteiger partial charge in [-0.25, -0.2) is 4.98 Å². The van der Waals surface area contributed by atoms with Gasteiger partial charge in [0.25, 0.3) is 5.88 Å². The zero-order chi connectivity index (χ0) is 14.7. The molecule has 4 nitrogen and oxygen atoms in total. The summed E-state index contributed by atoms with van der Waals surface area (Å²) < 4.78 is 7.93. The van der Waals surface area contributed by atoms with E-state index in [1.54, 1.807) is 35.2 Å². The molecular weight excluding hydrogens is 344 g/mol. The minimum Gasteiger partial charge on any atom is -0.433 e. The van der Waals surface area contributed by atoms with Gasteiger partial charge in [-0.1, -0.05) is 41.4 Å². The maximum absolute atomic E-state index is 12.2. The third-order valence-electron chi connectivity index (χ3n) is 2.54. The van der Waals surface area contributed by atoms with Crippen molar-refractivity contribution in [2.75, 3.05) is 0 Å². The molecular formula is C14H14BrClN2O2. The van der Waals surface area contributed by atoms with Gasteiger partial charge in [0.2, 0.25) is 0 Å². The first kappa shape index (κ1) is 15.1. The summed E-state index contributed by atoms with van der Waals surface area (Å²) in [4.78, 5) is 16.2. The topological polar surface area (TPSA) is 44.1 Å². The van der Waals surface area contributed by atoms with E-state index < -0.39 is 0 Å². The third kappa shape index (κ3) is 3.61. The first-order chi connectivity index (χ1) is 9.47. The van der Waals surface area contributed by atoms with Gasteiger partial charge in [-0.05, 0) is 24.1 Å². The van der Waals surface area contributed by atoms with E-state index in [4.69, 9.17) is 16.3 Å². The van der Waals surface area contributed by atoms with Crippen LogP contribution in [0.2, 0.25) is 5.02 Å². The number of rotatable bonds is 4. The monoisotopic (exact) mass is 356 g/mol. The van der Waals surface area contributed by atoms with Crippen molar-refractivity contribution in [1.82, 2.24) is 9.55 Å². The maximum Gasteiger partial charge on any atom is 0.313 e. The van der Waals surface area contributed by atoms with E-state index in [9.17, 15) is 4.79 Å². The van der Waals surface area contributed by atoms with Crippen LogP contribution in [-0.4, -0.2) is 9.55 Å². The molecule has 6 heteroatoms. The molecule has 0 saturated heterocycles. The summed E-state index contributed by atoms with van der Waals surface area (Å²) in [7, 11) is 0. The number of ether oxygens (including phenoxy) is 1. The molecule has 0 aliphatic carbocycles. The summed E-state index contributed by atoms with van der Waals surface area (Å²) in [5.41, 5.74) is -0.266. The normalized spacial score (nSPS) is 10.8. The van der Waals surface area contributed by atoms with Gasteiger partial charge >= 0.3 is 5.56 Å². The van der Waals surface area contributed by atoms with Crippen LogP contribution in [0.15, 0.2) is 39.9 Å². The van der Waals surface area contributed by atoms with Crippen LogP contribution in [0.5, 0.6) is 11.6 Å². The second-order valence-electron chi connectivity index (χ2n) is 4.76. The molecule has 0 unspecified atom stereocenters. The zero-order valence-corrected chi connectivity index (χ0v) is 13.5. The molecule has 0 bridgehead atoms. The van der Waals surface area contributed by atoms with E-state index >= 15 is 0 Å². The summed E-state index contributed by atoms with van der Waals surface area (Å²) in [5.74, 6) is 0.776. The molecule has 2 aromatic rings. The van der Waals surface area contributed by atoms with Gasteiger partial charge in [-0.2, -0.15) is 0 Å². The highest BCUT2D eigenvalue weighted by Crippen LogP contribution is 2.30. The lowest BCUT2D eigenvalue weighted by Gasteiger charge is -2.11. The highest BCUT2D eigenvalue weighted by Gasteiger charge is 2.11. The number of hydrogen-bond acceptors (Lipinski definition) is 3. The van der Waals surface area contributed by atoms with Crippen molar-refractivity contribution >= 4 is 27.5 Å². The number of hydrogen-bond donors (Lipinski definition) is 0. The standard InChI is InChI=1S/C14H14BrClN2O2/c1-9(2)8-18-6-5-17-13(14(18)19)20-12-7-10(15)3-4-11(12)16/h3-7,9H,8H2,1-2H3. The molecule has 106 valence electrons. The molecule has 0 aliphatic rings. The summed E-state index contributed by atoms with van der Waals surface area (Å²) >= 11 is 9.37. The minimum absolute atomic E-state index is 0.0214. The van der Waals surface area contributed by atoms with Crippen LogP contribution >= 0.6 is 27.5 Å². The molecule has 0 radical (unpaired) electrons. The van der Waals surface area contributed by atoms with Gasteiger partial charge in [0, 0.05) is 23.4 Å². The van der Waals surface area contributed by atoms with Gasteiger partial charge < -0.3 is 9.30 Å². The van der Waals surface area contributed by atoms with Gasteiger partial charge in [-0.15, -0.1) is 0 Å². The molecule has 0 saturated carbocycles. The molecule has 20 heavy (non-hydrogen) atoms. The Bertz CT molecular complexity index is 670. The summed E-state index contributed by atoms with van der Waals surface area (Å²) in [6, 6.07) is 5.18. The number of nitrogens with zero attached hydrogens (tertiary/aromatic N) is 2. The average molecular weight is 358 g/mol. The van der Waals surface area contributed by atoms with Crippen molar-refractivity contribution in [3.05, 3.63) is 50.4 Å². The van der Waals surface area contributed by atoms with Crippen molar-refractivity contribution in [3.8, 4) is 11.6 Å². The van der Waals surface area contributed by atoms with E-state index in [0.717, 1.165) is 4.47 Å². The SMILES string of the molecule is CC(C)Cn1ccnc(Oc2cc(Br)ccc2Cl)c1=O. The van der Waals surface area contributed by atoms with Gasteiger partial charge in [0.05, 0.1) is 5.02 Å². The fourth-order valence-corrected chi connectivity index (χ4v) is 2.19. The first-order valence-electron chi connectivity index (χ1n) is 6.15. The molecule has 0 atom stereocenters. The molecule has 0 aliphatic heterocycles. The lowest BCUT2D eigenvalue weighted by atomic mass is 10.2. The zero-order valence-electron chi connectivity index (χ0n) is 11.1. The van der Waals surface area contributed by atoms with Crippen LogP contribution in [0, 0.1) is 5.92 Å². The second kappa shape index (κ2) is 6.41. The van der Waals surface area contributed by atoms with Crippen molar-refractivity contribution in [2.45, 2.75) is 20.4 Å². The van der Waals surface area contributed by atoms with Crippen LogP contribution in [0.3, 0.4) is 0 Å². The van der Waals surface area contributed by atoms with Crippen LogP contribution in [-0.2, 0) is 6.54 Å². The van der Waals surface area contributed by atoms with E-state index in [1.807, 2.05) is 13.8 Å². The lowest BCUT2D eigenvalue weighted by Crippen LogP contribution is -2.23. The van der Waals surface area contributed by atoms with Gasteiger partial charge in [0.1, 0.15) is 5.75 Å². The average Bonchev–Trinajstić information content (AvgIpc) is 2.38. The molecule has 1 aromatic carbocycles. The Morgan fingerprint density at radius 3 is 2.90 bits per heavy atom. The summed E-state index contributed by atoms with van der Waals surface area (Å²) in [6.07, 6.45) is 3.20. The van der Waals surface area contributed by atoms with Crippen molar-refractivity contribution < 1.29 is 4.74 Å².